The van der Waals surface area contributed by atoms with Gasteiger partial charge in [-0.25, -0.2) is 0 Å². The van der Waals surface area contributed by atoms with Gasteiger partial charge in [0.2, 0.25) is 5.91 Å². The van der Waals surface area contributed by atoms with Crippen molar-refractivity contribution in [3.05, 3.63) is 0 Å². The molecule has 0 aromatic rings. The Bertz CT molecular complexity index is 221. The molecule has 4 nitrogen and oxygen atoms in total. The SMILES string of the molecule is CC1CCCC(C(=O)N(C)C(C)CO)N1. The molecule has 3 atom stereocenters. The van der Waals surface area contributed by atoms with Gasteiger partial charge >= 0.3 is 0 Å². The van der Waals surface area contributed by atoms with Gasteiger partial charge in [0.15, 0.2) is 0 Å². The maximum Gasteiger partial charge on any atom is 0.239 e. The molecule has 1 aliphatic rings. The van der Waals surface area contributed by atoms with Crippen LogP contribution in [-0.2, 0) is 4.79 Å². The summed E-state index contributed by atoms with van der Waals surface area (Å²) in [6, 6.07) is 0.259. The fourth-order valence-corrected chi connectivity index (χ4v) is 1.92. The average Bonchev–Trinajstić information content (AvgIpc) is 2.26. The number of likely N-dealkylation sites (N-methyl/N-ethyl adjacent to an activating group) is 1. The van der Waals surface area contributed by atoms with Gasteiger partial charge in [-0.05, 0) is 33.1 Å². The van der Waals surface area contributed by atoms with Gasteiger partial charge in [0.05, 0.1) is 18.7 Å². The molecule has 0 aromatic heterocycles. The largest absolute Gasteiger partial charge is 0.394 e. The number of rotatable bonds is 3. The van der Waals surface area contributed by atoms with E-state index in [-0.39, 0.29) is 24.6 Å². The number of amides is 1. The van der Waals surface area contributed by atoms with Crippen LogP contribution in [0, 0.1) is 0 Å². The second-order valence-electron chi connectivity index (χ2n) is 4.53. The fourth-order valence-electron chi connectivity index (χ4n) is 1.92. The average molecular weight is 214 g/mol. The molecule has 1 aliphatic heterocycles. The number of piperidine rings is 1. The first-order valence-electron chi connectivity index (χ1n) is 5.69. The Balaban J connectivity index is 2.51. The zero-order valence-electron chi connectivity index (χ0n) is 9.86. The number of hydrogen-bond acceptors (Lipinski definition) is 3. The predicted molar refractivity (Wildman–Crippen MR) is 59.6 cm³/mol. The van der Waals surface area contributed by atoms with Gasteiger partial charge in [-0.1, -0.05) is 0 Å². The van der Waals surface area contributed by atoms with Crippen molar-refractivity contribution in [2.45, 2.75) is 51.2 Å². The highest BCUT2D eigenvalue weighted by Gasteiger charge is 2.28. The van der Waals surface area contributed by atoms with Crippen LogP contribution in [0.3, 0.4) is 0 Å². The van der Waals surface area contributed by atoms with Crippen molar-refractivity contribution in [1.82, 2.24) is 10.2 Å². The molecule has 0 spiro atoms. The van der Waals surface area contributed by atoms with Crippen LogP contribution < -0.4 is 5.32 Å². The normalized spacial score (nSPS) is 28.5. The third-order valence-corrected chi connectivity index (χ3v) is 3.19. The Kier molecular flexibility index (Phi) is 4.54. The van der Waals surface area contributed by atoms with Crippen molar-refractivity contribution in [3.63, 3.8) is 0 Å². The summed E-state index contributed by atoms with van der Waals surface area (Å²) in [4.78, 5) is 13.6. The van der Waals surface area contributed by atoms with Gasteiger partial charge in [0, 0.05) is 13.1 Å². The number of carbonyl (C=O) groups is 1. The fraction of sp³-hybridized carbons (Fsp3) is 0.909. The van der Waals surface area contributed by atoms with Crippen LogP contribution in [0.25, 0.3) is 0 Å². The Labute approximate surface area is 91.6 Å². The Hall–Kier alpha value is -0.610. The molecule has 0 aromatic carbocycles. The van der Waals surface area contributed by atoms with Crippen LogP contribution in [0.15, 0.2) is 0 Å². The summed E-state index contributed by atoms with van der Waals surface area (Å²) in [5, 5.41) is 12.3. The van der Waals surface area contributed by atoms with E-state index in [1.54, 1.807) is 11.9 Å². The molecule has 2 N–H and O–H groups in total. The van der Waals surface area contributed by atoms with Crippen molar-refractivity contribution in [3.8, 4) is 0 Å². The quantitative estimate of drug-likeness (QED) is 0.713. The summed E-state index contributed by atoms with van der Waals surface area (Å²) in [6.07, 6.45) is 3.15. The van der Waals surface area contributed by atoms with Crippen LogP contribution in [0.1, 0.15) is 33.1 Å². The summed E-state index contributed by atoms with van der Waals surface area (Å²) >= 11 is 0. The zero-order chi connectivity index (χ0) is 11.4. The Morgan fingerprint density at radius 1 is 1.60 bits per heavy atom. The third-order valence-electron chi connectivity index (χ3n) is 3.19. The lowest BCUT2D eigenvalue weighted by Gasteiger charge is -2.33. The molecule has 1 heterocycles. The van der Waals surface area contributed by atoms with Crippen molar-refractivity contribution in [2.24, 2.45) is 0 Å². The first-order valence-corrected chi connectivity index (χ1v) is 5.69. The van der Waals surface area contributed by atoms with E-state index in [0.717, 1.165) is 19.3 Å². The second kappa shape index (κ2) is 5.47. The van der Waals surface area contributed by atoms with Crippen molar-refractivity contribution >= 4 is 5.91 Å². The smallest absolute Gasteiger partial charge is 0.239 e. The second-order valence-corrected chi connectivity index (χ2v) is 4.53. The summed E-state index contributed by atoms with van der Waals surface area (Å²) in [6.45, 7) is 3.98. The first-order chi connectivity index (χ1) is 7.06. The van der Waals surface area contributed by atoms with E-state index >= 15 is 0 Å². The number of aliphatic hydroxyl groups is 1. The number of hydrogen-bond donors (Lipinski definition) is 2. The third kappa shape index (κ3) is 3.18. The van der Waals surface area contributed by atoms with Gasteiger partial charge < -0.3 is 15.3 Å². The molecule has 0 bridgehead atoms. The number of nitrogens with zero attached hydrogens (tertiary/aromatic N) is 1. The zero-order valence-corrected chi connectivity index (χ0v) is 9.86. The summed E-state index contributed by atoms with van der Waals surface area (Å²) in [5.41, 5.74) is 0. The summed E-state index contributed by atoms with van der Waals surface area (Å²) < 4.78 is 0. The van der Waals surface area contributed by atoms with Crippen LogP contribution in [0.2, 0.25) is 0 Å². The van der Waals surface area contributed by atoms with Gasteiger partial charge in [0.25, 0.3) is 0 Å². The lowest BCUT2D eigenvalue weighted by atomic mass is 9.98. The van der Waals surface area contributed by atoms with E-state index in [4.69, 9.17) is 5.11 Å². The molecule has 1 saturated heterocycles. The highest BCUT2D eigenvalue weighted by Crippen LogP contribution is 2.14. The topological polar surface area (TPSA) is 52.6 Å². The van der Waals surface area contributed by atoms with E-state index in [0.29, 0.717) is 6.04 Å². The molecular weight excluding hydrogens is 192 g/mol. The van der Waals surface area contributed by atoms with Gasteiger partial charge in [-0.15, -0.1) is 0 Å². The predicted octanol–water partition coefficient (Wildman–Crippen LogP) is 0.356. The van der Waals surface area contributed by atoms with Crippen molar-refractivity contribution in [2.75, 3.05) is 13.7 Å². The highest BCUT2D eigenvalue weighted by atomic mass is 16.3. The van der Waals surface area contributed by atoms with E-state index in [2.05, 4.69) is 12.2 Å². The molecule has 1 fully saturated rings. The molecule has 0 saturated carbocycles. The van der Waals surface area contributed by atoms with Crippen molar-refractivity contribution in [1.29, 1.82) is 0 Å². The van der Waals surface area contributed by atoms with Crippen LogP contribution in [-0.4, -0.2) is 47.7 Å². The van der Waals surface area contributed by atoms with Gasteiger partial charge in [-0.2, -0.15) is 0 Å². The van der Waals surface area contributed by atoms with E-state index in [9.17, 15) is 4.79 Å². The van der Waals surface area contributed by atoms with Gasteiger partial charge in [-0.3, -0.25) is 4.79 Å². The molecule has 88 valence electrons. The summed E-state index contributed by atoms with van der Waals surface area (Å²) in [5.74, 6) is 0.100. The monoisotopic (exact) mass is 214 g/mol. The van der Waals surface area contributed by atoms with Crippen LogP contribution >= 0.6 is 0 Å². The molecule has 3 unspecified atom stereocenters. The Morgan fingerprint density at radius 2 is 2.27 bits per heavy atom. The van der Waals surface area contributed by atoms with E-state index in [1.807, 2.05) is 6.92 Å². The molecule has 4 heteroatoms. The van der Waals surface area contributed by atoms with Crippen LogP contribution in [0.4, 0.5) is 0 Å². The lowest BCUT2D eigenvalue weighted by Crippen LogP contribution is -2.52. The maximum atomic E-state index is 12.0. The van der Waals surface area contributed by atoms with E-state index < -0.39 is 0 Å². The first kappa shape index (κ1) is 12.5. The van der Waals surface area contributed by atoms with Crippen LogP contribution in [0.5, 0.6) is 0 Å². The van der Waals surface area contributed by atoms with E-state index in [1.165, 1.54) is 0 Å². The van der Waals surface area contributed by atoms with Crippen molar-refractivity contribution < 1.29 is 9.90 Å². The maximum absolute atomic E-state index is 12.0. The molecule has 0 radical (unpaired) electrons. The minimum absolute atomic E-state index is 0.0184. The lowest BCUT2D eigenvalue weighted by molar-refractivity contribution is -0.135. The standard InChI is InChI=1S/C11H22N2O2/c1-8-5-4-6-10(12-8)11(15)13(3)9(2)7-14/h8-10,12,14H,4-7H2,1-3H3. The van der Waals surface area contributed by atoms with Gasteiger partial charge in [0.1, 0.15) is 0 Å². The number of aliphatic hydroxyl groups excluding tert-OH is 1. The molecule has 1 amide bonds. The minimum atomic E-state index is -0.100. The molecule has 1 rings (SSSR count). The molecule has 0 aliphatic carbocycles. The minimum Gasteiger partial charge on any atom is -0.394 e. The number of carbonyl (C=O) groups excluding carboxylic acids is 1. The molecular formula is C11H22N2O2. The highest BCUT2D eigenvalue weighted by molar-refractivity contribution is 5.82. The number of nitrogens with one attached hydrogen (secondary N) is 1. The Morgan fingerprint density at radius 3 is 2.80 bits per heavy atom. The molecule has 15 heavy (non-hydrogen) atoms. The summed E-state index contributed by atoms with van der Waals surface area (Å²) in [7, 11) is 1.75.